The second kappa shape index (κ2) is 6.80. The average Bonchev–Trinajstić information content (AvgIpc) is 3.09. The van der Waals surface area contributed by atoms with Gasteiger partial charge in [-0.1, -0.05) is 31.9 Å². The summed E-state index contributed by atoms with van der Waals surface area (Å²) in [6, 6.07) is 9.34. The van der Waals surface area contributed by atoms with E-state index in [4.69, 9.17) is 0 Å². The number of hydrogen-bond acceptors (Lipinski definition) is 3. The third kappa shape index (κ3) is 3.41. The highest BCUT2D eigenvalue weighted by molar-refractivity contribution is 5.48. The molecule has 0 amide bonds. The Morgan fingerprint density at radius 1 is 1.05 bits per heavy atom. The van der Waals surface area contributed by atoms with Gasteiger partial charge < -0.3 is 10.0 Å². The van der Waals surface area contributed by atoms with Gasteiger partial charge in [0.05, 0.1) is 6.10 Å². The van der Waals surface area contributed by atoms with Crippen LogP contribution in [-0.4, -0.2) is 42.2 Å². The molecule has 116 valence electrons. The van der Waals surface area contributed by atoms with E-state index in [0.29, 0.717) is 0 Å². The van der Waals surface area contributed by atoms with E-state index in [1.54, 1.807) is 0 Å². The number of aliphatic hydroxyl groups is 1. The normalized spacial score (nSPS) is 22.7. The maximum Gasteiger partial charge on any atom is 0.0787 e. The molecule has 1 N–H and O–H groups in total. The van der Waals surface area contributed by atoms with E-state index < -0.39 is 0 Å². The van der Waals surface area contributed by atoms with E-state index in [9.17, 15) is 5.11 Å². The van der Waals surface area contributed by atoms with Gasteiger partial charge in [0.1, 0.15) is 0 Å². The largest absolute Gasteiger partial charge is 0.388 e. The van der Waals surface area contributed by atoms with Crippen molar-refractivity contribution in [2.45, 2.75) is 51.2 Å². The molecule has 3 rings (SSSR count). The molecule has 1 saturated carbocycles. The predicted molar refractivity (Wildman–Crippen MR) is 87.7 cm³/mol. The molecule has 1 saturated heterocycles. The second-order valence-electron chi connectivity index (χ2n) is 6.48. The van der Waals surface area contributed by atoms with E-state index >= 15 is 0 Å². The van der Waals surface area contributed by atoms with Gasteiger partial charge in [-0.3, -0.25) is 4.90 Å². The van der Waals surface area contributed by atoms with E-state index in [0.717, 1.165) is 31.1 Å². The van der Waals surface area contributed by atoms with Crippen molar-refractivity contribution in [3.05, 3.63) is 29.8 Å². The molecule has 0 bridgehead atoms. The highest BCUT2D eigenvalue weighted by Crippen LogP contribution is 2.26. The molecule has 1 aliphatic heterocycles. The summed E-state index contributed by atoms with van der Waals surface area (Å²) in [6.45, 7) is 6.67. The highest BCUT2D eigenvalue weighted by atomic mass is 16.3. The fourth-order valence-electron chi connectivity index (χ4n) is 3.76. The van der Waals surface area contributed by atoms with Crippen molar-refractivity contribution >= 4 is 5.69 Å². The Labute approximate surface area is 128 Å². The van der Waals surface area contributed by atoms with Gasteiger partial charge in [0.2, 0.25) is 0 Å². The standard InChI is InChI=1S/C18H28N2O/c1-2-18(21)15-7-9-17(10-8-15)20-13-11-19(12-14-20)16-5-3-4-6-16/h7-10,16,18,21H,2-6,11-14H2,1H3/t18-/m1/s1. The number of hydrogen-bond donors (Lipinski definition) is 1. The molecule has 1 heterocycles. The number of anilines is 1. The lowest BCUT2D eigenvalue weighted by Crippen LogP contribution is -2.49. The minimum atomic E-state index is -0.321. The van der Waals surface area contributed by atoms with Gasteiger partial charge in [0.25, 0.3) is 0 Å². The summed E-state index contributed by atoms with van der Waals surface area (Å²) in [4.78, 5) is 5.17. The molecule has 1 aromatic carbocycles. The van der Waals surface area contributed by atoms with Crippen LogP contribution in [0.1, 0.15) is 50.7 Å². The fraction of sp³-hybridized carbons (Fsp3) is 0.667. The lowest BCUT2D eigenvalue weighted by atomic mass is 10.1. The van der Waals surface area contributed by atoms with Gasteiger partial charge >= 0.3 is 0 Å². The Morgan fingerprint density at radius 3 is 2.24 bits per heavy atom. The zero-order chi connectivity index (χ0) is 14.7. The topological polar surface area (TPSA) is 26.7 Å². The van der Waals surface area contributed by atoms with Gasteiger partial charge in [-0.25, -0.2) is 0 Å². The third-order valence-electron chi connectivity index (χ3n) is 5.19. The molecular weight excluding hydrogens is 260 g/mol. The lowest BCUT2D eigenvalue weighted by Gasteiger charge is -2.39. The smallest absolute Gasteiger partial charge is 0.0787 e. The molecule has 0 radical (unpaired) electrons. The first-order valence-electron chi connectivity index (χ1n) is 8.55. The molecular formula is C18H28N2O. The van der Waals surface area contributed by atoms with Gasteiger partial charge in [-0.2, -0.15) is 0 Å². The van der Waals surface area contributed by atoms with Crippen molar-refractivity contribution < 1.29 is 5.11 Å². The quantitative estimate of drug-likeness (QED) is 0.921. The number of piperazine rings is 1. The maximum absolute atomic E-state index is 9.87. The molecule has 1 aromatic rings. The SMILES string of the molecule is CC[C@@H](O)c1ccc(N2CCN(C3CCCC3)CC2)cc1. The fourth-order valence-corrected chi connectivity index (χ4v) is 3.76. The second-order valence-corrected chi connectivity index (χ2v) is 6.48. The van der Waals surface area contributed by atoms with Crippen molar-refractivity contribution in [2.24, 2.45) is 0 Å². The number of aliphatic hydroxyl groups excluding tert-OH is 1. The van der Waals surface area contributed by atoms with Crippen molar-refractivity contribution in [3.63, 3.8) is 0 Å². The van der Waals surface area contributed by atoms with Crippen LogP contribution in [0.5, 0.6) is 0 Å². The average molecular weight is 288 g/mol. The zero-order valence-electron chi connectivity index (χ0n) is 13.2. The van der Waals surface area contributed by atoms with Crippen LogP contribution in [0.25, 0.3) is 0 Å². The van der Waals surface area contributed by atoms with Crippen LogP contribution in [0.2, 0.25) is 0 Å². The highest BCUT2D eigenvalue weighted by Gasteiger charge is 2.26. The zero-order valence-corrected chi connectivity index (χ0v) is 13.2. The van der Waals surface area contributed by atoms with Gasteiger partial charge in [0, 0.05) is 37.9 Å². The first-order chi connectivity index (χ1) is 10.3. The third-order valence-corrected chi connectivity index (χ3v) is 5.19. The first kappa shape index (κ1) is 14.9. The molecule has 0 unspecified atom stereocenters. The van der Waals surface area contributed by atoms with Crippen LogP contribution in [0, 0.1) is 0 Å². The lowest BCUT2D eigenvalue weighted by molar-refractivity contribution is 0.173. The van der Waals surface area contributed by atoms with Crippen molar-refractivity contribution in [2.75, 3.05) is 31.1 Å². The summed E-state index contributed by atoms with van der Waals surface area (Å²) in [5.41, 5.74) is 2.33. The van der Waals surface area contributed by atoms with Crippen LogP contribution in [0.4, 0.5) is 5.69 Å². The van der Waals surface area contributed by atoms with Gasteiger partial charge in [-0.15, -0.1) is 0 Å². The summed E-state index contributed by atoms with van der Waals surface area (Å²) >= 11 is 0. The Hall–Kier alpha value is -1.06. The van der Waals surface area contributed by atoms with Crippen LogP contribution < -0.4 is 4.90 Å². The van der Waals surface area contributed by atoms with E-state index in [2.05, 4.69) is 34.1 Å². The van der Waals surface area contributed by atoms with E-state index in [1.165, 1.54) is 44.5 Å². The van der Waals surface area contributed by atoms with Crippen LogP contribution in [-0.2, 0) is 0 Å². The Morgan fingerprint density at radius 2 is 1.67 bits per heavy atom. The molecule has 0 aromatic heterocycles. The van der Waals surface area contributed by atoms with Crippen LogP contribution in [0.15, 0.2) is 24.3 Å². The number of nitrogens with zero attached hydrogens (tertiary/aromatic N) is 2. The number of benzene rings is 1. The van der Waals surface area contributed by atoms with E-state index in [-0.39, 0.29) is 6.10 Å². The minimum absolute atomic E-state index is 0.321. The predicted octanol–water partition coefficient (Wildman–Crippen LogP) is 3.19. The summed E-state index contributed by atoms with van der Waals surface area (Å²) in [7, 11) is 0. The Bertz CT molecular complexity index is 431. The first-order valence-corrected chi connectivity index (χ1v) is 8.55. The van der Waals surface area contributed by atoms with Crippen molar-refractivity contribution in [3.8, 4) is 0 Å². The molecule has 1 atom stereocenters. The minimum Gasteiger partial charge on any atom is -0.388 e. The maximum atomic E-state index is 9.87. The van der Waals surface area contributed by atoms with E-state index in [1.807, 2.05) is 6.92 Å². The monoisotopic (exact) mass is 288 g/mol. The summed E-state index contributed by atoms with van der Waals surface area (Å²) in [5.74, 6) is 0. The van der Waals surface area contributed by atoms with Gasteiger partial charge in [0.15, 0.2) is 0 Å². The number of rotatable bonds is 4. The molecule has 0 spiro atoms. The Kier molecular flexibility index (Phi) is 4.81. The van der Waals surface area contributed by atoms with Crippen LogP contribution >= 0.6 is 0 Å². The molecule has 2 aliphatic rings. The summed E-state index contributed by atoms with van der Waals surface area (Å²) < 4.78 is 0. The van der Waals surface area contributed by atoms with Crippen molar-refractivity contribution in [1.82, 2.24) is 4.90 Å². The molecule has 1 aliphatic carbocycles. The molecule has 3 heteroatoms. The van der Waals surface area contributed by atoms with Crippen LogP contribution in [0.3, 0.4) is 0 Å². The molecule has 3 nitrogen and oxygen atoms in total. The van der Waals surface area contributed by atoms with Gasteiger partial charge in [-0.05, 0) is 37.0 Å². The summed E-state index contributed by atoms with van der Waals surface area (Å²) in [6.07, 6.45) is 6.11. The molecule has 21 heavy (non-hydrogen) atoms. The van der Waals surface area contributed by atoms with Crippen molar-refractivity contribution in [1.29, 1.82) is 0 Å². The molecule has 2 fully saturated rings. The summed E-state index contributed by atoms with van der Waals surface area (Å²) in [5, 5.41) is 9.87. The Balaban J connectivity index is 1.56.